The van der Waals surface area contributed by atoms with Crippen LogP contribution < -0.4 is 14.2 Å². The van der Waals surface area contributed by atoms with E-state index in [1.54, 1.807) is 54.6 Å². The van der Waals surface area contributed by atoms with Crippen molar-refractivity contribution in [2.45, 2.75) is 19.5 Å². The standard InChI is InChI=1S/C28H25NO8/c1-4-35-19-11-10-16(13-21(19)34-3)24-23(26(31)28(32)29(24)15-18-8-6-12-36-18)25(30)22-14-17-7-5-9-20(33-2)27(17)37-22/h5-14,24,31H,4,15H2,1-3H3/t24-/m0/s1. The number of para-hydroxylation sites is 1. The number of carbonyl (C=O) groups excluding carboxylic acids is 2. The van der Waals surface area contributed by atoms with E-state index < -0.39 is 23.5 Å². The molecule has 0 bridgehead atoms. The number of carbonyl (C=O) groups is 2. The van der Waals surface area contributed by atoms with E-state index in [4.69, 9.17) is 23.0 Å². The Morgan fingerprint density at radius 2 is 1.84 bits per heavy atom. The average Bonchev–Trinajstić information content (AvgIpc) is 3.64. The van der Waals surface area contributed by atoms with Gasteiger partial charge in [0.25, 0.3) is 5.91 Å². The number of benzene rings is 2. The maximum atomic E-state index is 13.8. The van der Waals surface area contributed by atoms with E-state index in [1.807, 2.05) is 6.92 Å². The lowest BCUT2D eigenvalue weighted by molar-refractivity contribution is -0.130. The number of rotatable bonds is 9. The van der Waals surface area contributed by atoms with Crippen LogP contribution in [0.1, 0.15) is 34.8 Å². The molecule has 1 amide bonds. The molecule has 1 aliphatic rings. The first-order valence-corrected chi connectivity index (χ1v) is 11.6. The number of aliphatic hydroxyl groups excluding tert-OH is 1. The molecule has 1 atom stereocenters. The summed E-state index contributed by atoms with van der Waals surface area (Å²) in [6, 6.07) is 14.4. The van der Waals surface area contributed by atoms with Gasteiger partial charge in [0, 0.05) is 5.39 Å². The van der Waals surface area contributed by atoms with Gasteiger partial charge in [0.1, 0.15) is 5.76 Å². The quantitative estimate of drug-likeness (QED) is 0.310. The molecule has 0 saturated carbocycles. The minimum absolute atomic E-state index is 0.0286. The van der Waals surface area contributed by atoms with Crippen molar-refractivity contribution < 1.29 is 37.7 Å². The van der Waals surface area contributed by atoms with E-state index in [1.165, 1.54) is 25.4 Å². The molecule has 3 heterocycles. The zero-order valence-electron chi connectivity index (χ0n) is 20.5. The SMILES string of the molecule is CCOc1ccc([C@H]2C(C(=O)c3cc4cccc(OC)c4o3)=C(O)C(=O)N2Cc2ccco2)cc1OC. The topological polar surface area (TPSA) is 112 Å². The Balaban J connectivity index is 1.62. The number of aliphatic hydroxyl groups is 1. The molecule has 1 N–H and O–H groups in total. The van der Waals surface area contributed by atoms with Crippen LogP contribution in [0.25, 0.3) is 11.0 Å². The summed E-state index contributed by atoms with van der Waals surface area (Å²) in [6.07, 6.45) is 1.49. The number of hydrogen-bond donors (Lipinski definition) is 1. The Labute approximate surface area is 212 Å². The fourth-order valence-corrected chi connectivity index (χ4v) is 4.54. The monoisotopic (exact) mass is 503 g/mol. The van der Waals surface area contributed by atoms with E-state index >= 15 is 0 Å². The zero-order chi connectivity index (χ0) is 26.1. The largest absolute Gasteiger partial charge is 0.503 e. The fraction of sp³-hybridized carbons (Fsp3) is 0.214. The van der Waals surface area contributed by atoms with Gasteiger partial charge in [0.15, 0.2) is 34.4 Å². The molecule has 2 aromatic carbocycles. The third-order valence-electron chi connectivity index (χ3n) is 6.21. The van der Waals surface area contributed by atoms with Crippen molar-refractivity contribution in [3.05, 3.63) is 89.3 Å². The van der Waals surface area contributed by atoms with Crippen molar-refractivity contribution >= 4 is 22.7 Å². The number of fused-ring (bicyclic) bond motifs is 1. The number of nitrogens with zero attached hydrogens (tertiary/aromatic N) is 1. The first kappa shape index (κ1) is 24.1. The van der Waals surface area contributed by atoms with Gasteiger partial charge in [-0.05, 0) is 48.9 Å². The number of ether oxygens (including phenoxy) is 3. The number of methoxy groups -OCH3 is 2. The second-order valence-corrected chi connectivity index (χ2v) is 8.34. The molecule has 0 aliphatic carbocycles. The van der Waals surface area contributed by atoms with Crippen LogP contribution in [0, 0.1) is 0 Å². The highest BCUT2D eigenvalue weighted by atomic mass is 16.5. The van der Waals surface area contributed by atoms with Gasteiger partial charge in [-0.1, -0.05) is 18.2 Å². The van der Waals surface area contributed by atoms with Crippen LogP contribution in [-0.4, -0.2) is 42.5 Å². The summed E-state index contributed by atoms with van der Waals surface area (Å²) in [6.45, 7) is 2.32. The van der Waals surface area contributed by atoms with Crippen LogP contribution >= 0.6 is 0 Å². The predicted octanol–water partition coefficient (Wildman–Crippen LogP) is 5.22. The number of hydrogen-bond acceptors (Lipinski definition) is 8. The van der Waals surface area contributed by atoms with Crippen molar-refractivity contribution in [2.75, 3.05) is 20.8 Å². The molecule has 4 aromatic rings. The van der Waals surface area contributed by atoms with Gasteiger partial charge in [-0.15, -0.1) is 0 Å². The Bertz CT molecular complexity index is 1500. The summed E-state index contributed by atoms with van der Waals surface area (Å²) in [5.41, 5.74) is 0.826. The minimum atomic E-state index is -0.940. The van der Waals surface area contributed by atoms with Crippen LogP contribution in [0.5, 0.6) is 17.2 Å². The van der Waals surface area contributed by atoms with Crippen molar-refractivity contribution in [1.29, 1.82) is 0 Å². The molecule has 0 radical (unpaired) electrons. The van der Waals surface area contributed by atoms with Gasteiger partial charge < -0.3 is 33.1 Å². The van der Waals surface area contributed by atoms with Gasteiger partial charge >= 0.3 is 0 Å². The molecule has 5 rings (SSSR count). The number of ketones is 1. The van der Waals surface area contributed by atoms with Gasteiger partial charge in [-0.25, -0.2) is 0 Å². The number of Topliss-reactive ketones (excluding diaryl/α,β-unsaturated/α-hetero) is 1. The Morgan fingerprint density at radius 1 is 1.03 bits per heavy atom. The molecule has 1 aliphatic heterocycles. The highest BCUT2D eigenvalue weighted by molar-refractivity contribution is 6.16. The van der Waals surface area contributed by atoms with E-state index in [0.29, 0.717) is 46.1 Å². The summed E-state index contributed by atoms with van der Waals surface area (Å²) in [4.78, 5) is 28.5. The second-order valence-electron chi connectivity index (χ2n) is 8.34. The lowest BCUT2D eigenvalue weighted by atomic mass is 9.94. The van der Waals surface area contributed by atoms with Gasteiger partial charge in [-0.2, -0.15) is 0 Å². The summed E-state index contributed by atoms with van der Waals surface area (Å²) in [7, 11) is 3.01. The molecular formula is C28H25NO8. The maximum absolute atomic E-state index is 13.8. The zero-order valence-corrected chi connectivity index (χ0v) is 20.5. The molecule has 0 saturated heterocycles. The van der Waals surface area contributed by atoms with Crippen LogP contribution in [0.15, 0.2) is 81.0 Å². The third kappa shape index (κ3) is 4.18. The summed E-state index contributed by atoms with van der Waals surface area (Å²) < 4.78 is 27.8. The first-order valence-electron chi connectivity index (χ1n) is 11.6. The minimum Gasteiger partial charge on any atom is -0.503 e. The number of amides is 1. The molecular weight excluding hydrogens is 478 g/mol. The van der Waals surface area contributed by atoms with Crippen LogP contribution in [0.4, 0.5) is 0 Å². The Hall–Kier alpha value is -4.66. The maximum Gasteiger partial charge on any atom is 0.290 e. The lowest BCUT2D eigenvalue weighted by Gasteiger charge is -2.26. The van der Waals surface area contributed by atoms with E-state index in [2.05, 4.69) is 0 Å². The average molecular weight is 504 g/mol. The Kier molecular flexibility index (Phi) is 6.35. The van der Waals surface area contributed by atoms with E-state index in [0.717, 1.165) is 0 Å². The summed E-state index contributed by atoms with van der Waals surface area (Å²) >= 11 is 0. The third-order valence-corrected chi connectivity index (χ3v) is 6.21. The second kappa shape index (κ2) is 9.77. The first-order chi connectivity index (χ1) is 18.0. The fourth-order valence-electron chi connectivity index (χ4n) is 4.54. The van der Waals surface area contributed by atoms with Gasteiger partial charge in [-0.3, -0.25) is 9.59 Å². The predicted molar refractivity (Wildman–Crippen MR) is 133 cm³/mol. The summed E-state index contributed by atoms with van der Waals surface area (Å²) in [5.74, 6) is -0.109. The van der Waals surface area contributed by atoms with Crippen molar-refractivity contribution in [3.63, 3.8) is 0 Å². The molecule has 0 unspecified atom stereocenters. The van der Waals surface area contributed by atoms with Gasteiger partial charge in [0.2, 0.25) is 5.78 Å². The highest BCUT2D eigenvalue weighted by Crippen LogP contribution is 2.43. The summed E-state index contributed by atoms with van der Waals surface area (Å²) in [5, 5.41) is 11.6. The van der Waals surface area contributed by atoms with Crippen molar-refractivity contribution in [2.24, 2.45) is 0 Å². The molecule has 190 valence electrons. The van der Waals surface area contributed by atoms with Crippen LogP contribution in [-0.2, 0) is 11.3 Å². The molecule has 0 spiro atoms. The highest BCUT2D eigenvalue weighted by Gasteiger charge is 2.45. The number of furan rings is 2. The molecule has 2 aromatic heterocycles. The smallest absolute Gasteiger partial charge is 0.290 e. The van der Waals surface area contributed by atoms with Crippen molar-refractivity contribution in [3.8, 4) is 17.2 Å². The van der Waals surface area contributed by atoms with Gasteiger partial charge in [0.05, 0.1) is 45.2 Å². The Morgan fingerprint density at radius 3 is 2.54 bits per heavy atom. The van der Waals surface area contributed by atoms with Crippen LogP contribution in [0.2, 0.25) is 0 Å². The van der Waals surface area contributed by atoms with E-state index in [9.17, 15) is 14.7 Å². The normalized spacial score (nSPS) is 15.5. The lowest BCUT2D eigenvalue weighted by Crippen LogP contribution is -2.30. The van der Waals surface area contributed by atoms with Crippen molar-refractivity contribution in [1.82, 2.24) is 4.90 Å². The van der Waals surface area contributed by atoms with Crippen LogP contribution in [0.3, 0.4) is 0 Å². The molecule has 37 heavy (non-hydrogen) atoms. The van der Waals surface area contributed by atoms with E-state index in [-0.39, 0.29) is 17.9 Å². The molecule has 0 fully saturated rings. The molecule has 9 nitrogen and oxygen atoms in total. The molecule has 9 heteroatoms.